The number of rotatable bonds is 4. The Balaban J connectivity index is 1.46. The minimum atomic E-state index is -0.376. The molecule has 154 valence electrons. The molecule has 3 aromatic rings. The van der Waals surface area contributed by atoms with Crippen molar-refractivity contribution in [3.05, 3.63) is 66.4 Å². The third-order valence-corrected chi connectivity index (χ3v) is 6.42. The van der Waals surface area contributed by atoms with Gasteiger partial charge in [0.15, 0.2) is 5.11 Å². The Morgan fingerprint density at radius 2 is 1.83 bits per heavy atom. The van der Waals surface area contributed by atoms with Crippen LogP contribution in [0.25, 0.3) is 10.4 Å². The first-order valence-corrected chi connectivity index (χ1v) is 10.9. The van der Waals surface area contributed by atoms with Crippen molar-refractivity contribution in [2.24, 2.45) is 0 Å². The zero-order valence-electron chi connectivity index (χ0n) is 16.6. The lowest BCUT2D eigenvalue weighted by Crippen LogP contribution is -2.50. The monoisotopic (exact) mass is 438 g/mol. The normalized spacial score (nSPS) is 13.8. The SMILES string of the molecule is COC(=O)c1cc(-c2ccccc2)sc1NC(=S)N1CCN(c2ccccn2)CC1. The number of nitrogens with zero attached hydrogens (tertiary/aromatic N) is 3. The van der Waals surface area contributed by atoms with Gasteiger partial charge < -0.3 is 19.9 Å². The molecule has 0 radical (unpaired) electrons. The molecule has 1 N–H and O–H groups in total. The van der Waals surface area contributed by atoms with Crippen LogP contribution in [0.1, 0.15) is 10.4 Å². The van der Waals surface area contributed by atoms with Crippen molar-refractivity contribution in [2.45, 2.75) is 0 Å². The topological polar surface area (TPSA) is 57.7 Å². The maximum atomic E-state index is 12.3. The number of methoxy groups -OCH3 is 1. The van der Waals surface area contributed by atoms with Gasteiger partial charge in [-0.2, -0.15) is 0 Å². The Kier molecular flexibility index (Phi) is 6.25. The number of carbonyl (C=O) groups excluding carboxylic acids is 1. The Morgan fingerprint density at radius 3 is 2.50 bits per heavy atom. The van der Waals surface area contributed by atoms with Crippen LogP contribution >= 0.6 is 23.6 Å². The summed E-state index contributed by atoms with van der Waals surface area (Å²) in [5.41, 5.74) is 1.55. The van der Waals surface area contributed by atoms with Gasteiger partial charge >= 0.3 is 5.97 Å². The summed E-state index contributed by atoms with van der Waals surface area (Å²) in [4.78, 5) is 22.1. The molecule has 1 aliphatic rings. The zero-order chi connectivity index (χ0) is 20.9. The lowest BCUT2D eigenvalue weighted by molar-refractivity contribution is 0.0602. The molecule has 2 aromatic heterocycles. The predicted octanol–water partition coefficient (Wildman–Crippen LogP) is 4.12. The second-order valence-corrected chi connectivity index (χ2v) is 8.24. The van der Waals surface area contributed by atoms with Gasteiger partial charge in [-0.15, -0.1) is 11.3 Å². The number of thiocarbonyl (C=S) groups is 1. The van der Waals surface area contributed by atoms with E-state index in [4.69, 9.17) is 17.0 Å². The van der Waals surface area contributed by atoms with E-state index in [1.165, 1.54) is 18.4 Å². The molecule has 1 aromatic carbocycles. The summed E-state index contributed by atoms with van der Waals surface area (Å²) in [6, 6.07) is 17.8. The van der Waals surface area contributed by atoms with Crippen LogP contribution in [-0.2, 0) is 4.74 Å². The molecule has 0 amide bonds. The summed E-state index contributed by atoms with van der Waals surface area (Å²) in [5, 5.41) is 4.60. The minimum absolute atomic E-state index is 0.376. The highest BCUT2D eigenvalue weighted by molar-refractivity contribution is 7.80. The molecule has 4 rings (SSSR count). The Labute approximate surface area is 185 Å². The molecule has 8 heteroatoms. The fourth-order valence-electron chi connectivity index (χ4n) is 3.35. The number of nitrogens with one attached hydrogen (secondary N) is 1. The Morgan fingerprint density at radius 1 is 1.10 bits per heavy atom. The molecule has 0 unspecified atom stereocenters. The maximum absolute atomic E-state index is 12.3. The molecular formula is C22H22N4O2S2. The van der Waals surface area contributed by atoms with Crippen LogP contribution in [0, 0.1) is 0 Å². The number of anilines is 2. The van der Waals surface area contributed by atoms with Crippen LogP contribution in [0.5, 0.6) is 0 Å². The van der Waals surface area contributed by atoms with Gasteiger partial charge in [-0.25, -0.2) is 9.78 Å². The summed E-state index contributed by atoms with van der Waals surface area (Å²) < 4.78 is 4.97. The molecule has 0 aliphatic carbocycles. The number of hydrogen-bond acceptors (Lipinski definition) is 6. The highest BCUT2D eigenvalue weighted by Crippen LogP contribution is 2.36. The Hall–Kier alpha value is -2.97. The van der Waals surface area contributed by atoms with Crippen molar-refractivity contribution in [1.29, 1.82) is 0 Å². The number of aromatic nitrogens is 1. The molecule has 0 spiro atoms. The first-order valence-electron chi connectivity index (χ1n) is 9.65. The van der Waals surface area contributed by atoms with Crippen LogP contribution < -0.4 is 10.2 Å². The van der Waals surface area contributed by atoms with Crippen molar-refractivity contribution in [3.63, 3.8) is 0 Å². The van der Waals surface area contributed by atoms with E-state index in [0.717, 1.165) is 42.4 Å². The van der Waals surface area contributed by atoms with E-state index in [1.54, 1.807) is 0 Å². The minimum Gasteiger partial charge on any atom is -0.465 e. The van der Waals surface area contributed by atoms with Crippen molar-refractivity contribution < 1.29 is 9.53 Å². The third kappa shape index (κ3) is 4.44. The van der Waals surface area contributed by atoms with Crippen LogP contribution in [0.3, 0.4) is 0 Å². The molecule has 3 heterocycles. The van der Waals surface area contributed by atoms with Crippen LogP contribution in [0.15, 0.2) is 60.8 Å². The first-order chi connectivity index (χ1) is 14.7. The van der Waals surface area contributed by atoms with Gasteiger partial charge in [-0.05, 0) is 36.0 Å². The van der Waals surface area contributed by atoms with Gasteiger partial charge in [0.2, 0.25) is 0 Å². The fourth-order valence-corrected chi connectivity index (χ4v) is 4.75. The summed E-state index contributed by atoms with van der Waals surface area (Å²) in [7, 11) is 1.39. The van der Waals surface area contributed by atoms with Gasteiger partial charge in [-0.1, -0.05) is 36.4 Å². The van der Waals surface area contributed by atoms with E-state index in [2.05, 4.69) is 20.1 Å². The standard InChI is InChI=1S/C22H22N4O2S2/c1-28-21(27)17-15-18(16-7-3-2-4-8-16)30-20(17)24-22(29)26-13-11-25(12-14-26)19-9-5-6-10-23-19/h2-10,15H,11-14H2,1H3,(H,24,29). The van der Waals surface area contributed by atoms with Crippen LogP contribution in [-0.4, -0.2) is 54.3 Å². The second-order valence-electron chi connectivity index (χ2n) is 6.80. The molecule has 0 bridgehead atoms. The molecule has 30 heavy (non-hydrogen) atoms. The number of thiophene rings is 1. The van der Waals surface area contributed by atoms with E-state index < -0.39 is 0 Å². The highest BCUT2D eigenvalue weighted by atomic mass is 32.1. The first kappa shape index (κ1) is 20.3. The van der Waals surface area contributed by atoms with E-state index in [0.29, 0.717) is 15.7 Å². The van der Waals surface area contributed by atoms with Crippen LogP contribution in [0.2, 0.25) is 0 Å². The summed E-state index contributed by atoms with van der Waals surface area (Å²) >= 11 is 7.15. The van der Waals surface area contributed by atoms with Crippen molar-refractivity contribution in [3.8, 4) is 10.4 Å². The number of esters is 1. The van der Waals surface area contributed by atoms with Gasteiger partial charge in [0, 0.05) is 37.3 Å². The lowest BCUT2D eigenvalue weighted by Gasteiger charge is -2.36. The summed E-state index contributed by atoms with van der Waals surface area (Å²) in [6.07, 6.45) is 1.81. The van der Waals surface area contributed by atoms with Gasteiger partial charge in [0.05, 0.1) is 12.7 Å². The largest absolute Gasteiger partial charge is 0.465 e. The van der Waals surface area contributed by atoms with E-state index >= 15 is 0 Å². The third-order valence-electron chi connectivity index (χ3n) is 4.96. The predicted molar refractivity (Wildman–Crippen MR) is 125 cm³/mol. The smallest absolute Gasteiger partial charge is 0.340 e. The summed E-state index contributed by atoms with van der Waals surface area (Å²) in [5.74, 6) is 0.605. The van der Waals surface area contributed by atoms with Crippen LogP contribution in [0.4, 0.5) is 10.8 Å². The number of piperazine rings is 1. The number of benzene rings is 1. The maximum Gasteiger partial charge on any atom is 0.340 e. The molecule has 1 saturated heterocycles. The van der Waals surface area contributed by atoms with E-state index in [-0.39, 0.29) is 5.97 Å². The average molecular weight is 439 g/mol. The molecule has 0 atom stereocenters. The second kappa shape index (κ2) is 9.23. The van der Waals surface area contributed by atoms with Gasteiger partial charge in [0.25, 0.3) is 0 Å². The Bertz CT molecular complexity index is 1020. The number of ether oxygens (including phenoxy) is 1. The van der Waals surface area contributed by atoms with Crippen molar-refractivity contribution >= 4 is 45.5 Å². The van der Waals surface area contributed by atoms with Crippen molar-refractivity contribution in [2.75, 3.05) is 43.5 Å². The highest BCUT2D eigenvalue weighted by Gasteiger charge is 2.23. The molecule has 6 nitrogen and oxygen atoms in total. The number of hydrogen-bond donors (Lipinski definition) is 1. The summed E-state index contributed by atoms with van der Waals surface area (Å²) in [6.45, 7) is 3.24. The fraction of sp³-hybridized carbons (Fsp3) is 0.227. The quantitative estimate of drug-likeness (QED) is 0.486. The lowest BCUT2D eigenvalue weighted by atomic mass is 10.1. The van der Waals surface area contributed by atoms with Gasteiger partial charge in [0.1, 0.15) is 10.8 Å². The number of carbonyl (C=O) groups is 1. The molecule has 0 saturated carbocycles. The van der Waals surface area contributed by atoms with E-state index in [9.17, 15) is 4.79 Å². The van der Waals surface area contributed by atoms with E-state index in [1.807, 2.05) is 60.8 Å². The molecule has 1 fully saturated rings. The average Bonchev–Trinajstić information content (AvgIpc) is 3.23. The van der Waals surface area contributed by atoms with Crippen molar-refractivity contribution in [1.82, 2.24) is 9.88 Å². The molecule has 1 aliphatic heterocycles. The number of pyridine rings is 1. The van der Waals surface area contributed by atoms with Gasteiger partial charge in [-0.3, -0.25) is 0 Å². The zero-order valence-corrected chi connectivity index (χ0v) is 18.2. The molecular weight excluding hydrogens is 416 g/mol.